The van der Waals surface area contributed by atoms with Crippen LogP contribution in [0.2, 0.25) is 0 Å². The Balaban J connectivity index is 2.02. The Morgan fingerprint density at radius 3 is 2.75 bits per heavy atom. The van der Waals surface area contributed by atoms with Crippen molar-refractivity contribution in [3.05, 3.63) is 0 Å². The van der Waals surface area contributed by atoms with Gasteiger partial charge in [-0.1, -0.05) is 0 Å². The van der Waals surface area contributed by atoms with Crippen molar-refractivity contribution < 1.29 is 4.21 Å². The zero-order valence-electron chi connectivity index (χ0n) is 7.80. The first-order valence-corrected chi connectivity index (χ1v) is 6.18. The van der Waals surface area contributed by atoms with E-state index in [0.29, 0.717) is 12.1 Å². The Kier molecular flexibility index (Phi) is 4.18. The Labute approximate surface area is 76.8 Å². The SMILES string of the molecule is CC(CCS(C)=O)NC1CNC1. The zero-order valence-corrected chi connectivity index (χ0v) is 8.62. The summed E-state index contributed by atoms with van der Waals surface area (Å²) in [6.45, 7) is 4.32. The quantitative estimate of drug-likeness (QED) is 0.626. The molecule has 2 atom stereocenters. The third-order valence-corrected chi connectivity index (χ3v) is 2.95. The van der Waals surface area contributed by atoms with Crippen LogP contribution in [0.5, 0.6) is 0 Å². The van der Waals surface area contributed by atoms with Crippen molar-refractivity contribution in [2.75, 3.05) is 25.1 Å². The van der Waals surface area contributed by atoms with Gasteiger partial charge in [0.2, 0.25) is 0 Å². The van der Waals surface area contributed by atoms with Crippen molar-refractivity contribution in [1.29, 1.82) is 0 Å². The highest BCUT2D eigenvalue weighted by molar-refractivity contribution is 7.84. The van der Waals surface area contributed by atoms with Crippen LogP contribution in [0.15, 0.2) is 0 Å². The Hall–Kier alpha value is 0.0700. The summed E-state index contributed by atoms with van der Waals surface area (Å²) in [5, 5.41) is 6.68. The van der Waals surface area contributed by atoms with Gasteiger partial charge in [-0.05, 0) is 13.3 Å². The van der Waals surface area contributed by atoms with Gasteiger partial charge in [-0.25, -0.2) is 0 Å². The van der Waals surface area contributed by atoms with E-state index in [0.717, 1.165) is 25.3 Å². The van der Waals surface area contributed by atoms with Crippen LogP contribution in [0.4, 0.5) is 0 Å². The molecule has 1 aliphatic heterocycles. The molecule has 3 nitrogen and oxygen atoms in total. The average Bonchev–Trinajstić information content (AvgIpc) is 1.93. The van der Waals surface area contributed by atoms with E-state index >= 15 is 0 Å². The van der Waals surface area contributed by atoms with Crippen molar-refractivity contribution in [3.63, 3.8) is 0 Å². The Morgan fingerprint density at radius 2 is 2.33 bits per heavy atom. The molecule has 0 amide bonds. The number of hydrogen-bond acceptors (Lipinski definition) is 3. The fraction of sp³-hybridized carbons (Fsp3) is 1.00. The van der Waals surface area contributed by atoms with E-state index in [-0.39, 0.29) is 0 Å². The maximum atomic E-state index is 10.8. The number of nitrogens with one attached hydrogen (secondary N) is 2. The normalized spacial score (nSPS) is 23.2. The molecule has 4 heteroatoms. The van der Waals surface area contributed by atoms with Crippen LogP contribution in [0.3, 0.4) is 0 Å². The molecule has 1 saturated heterocycles. The van der Waals surface area contributed by atoms with E-state index in [9.17, 15) is 4.21 Å². The van der Waals surface area contributed by atoms with Crippen molar-refractivity contribution >= 4 is 10.8 Å². The maximum Gasteiger partial charge on any atom is 0.0319 e. The second-order valence-electron chi connectivity index (χ2n) is 3.49. The van der Waals surface area contributed by atoms with Crippen LogP contribution >= 0.6 is 0 Å². The fourth-order valence-corrected chi connectivity index (χ4v) is 1.92. The topological polar surface area (TPSA) is 41.1 Å². The van der Waals surface area contributed by atoms with Crippen LogP contribution in [0.25, 0.3) is 0 Å². The molecule has 2 unspecified atom stereocenters. The fourth-order valence-electron chi connectivity index (χ4n) is 1.23. The Bertz CT molecular complexity index is 159. The van der Waals surface area contributed by atoms with Gasteiger partial charge < -0.3 is 10.6 Å². The minimum atomic E-state index is -0.641. The summed E-state index contributed by atoms with van der Waals surface area (Å²) in [4.78, 5) is 0. The van der Waals surface area contributed by atoms with Crippen LogP contribution in [0, 0.1) is 0 Å². The predicted molar refractivity (Wildman–Crippen MR) is 52.8 cm³/mol. The maximum absolute atomic E-state index is 10.8. The van der Waals surface area contributed by atoms with E-state index in [1.807, 2.05) is 0 Å². The summed E-state index contributed by atoms with van der Waals surface area (Å²) >= 11 is 0. The van der Waals surface area contributed by atoms with Gasteiger partial charge in [0.1, 0.15) is 0 Å². The first kappa shape index (κ1) is 10.2. The van der Waals surface area contributed by atoms with E-state index in [2.05, 4.69) is 17.6 Å². The zero-order chi connectivity index (χ0) is 8.97. The van der Waals surface area contributed by atoms with Gasteiger partial charge in [-0.2, -0.15) is 0 Å². The third-order valence-electron chi connectivity index (χ3n) is 2.14. The highest BCUT2D eigenvalue weighted by Gasteiger charge is 2.17. The molecule has 0 saturated carbocycles. The van der Waals surface area contributed by atoms with Gasteiger partial charge in [-0.3, -0.25) is 4.21 Å². The molecule has 1 aliphatic rings. The van der Waals surface area contributed by atoms with E-state index in [1.165, 1.54) is 0 Å². The monoisotopic (exact) mass is 190 g/mol. The lowest BCUT2D eigenvalue weighted by molar-refractivity contribution is 0.332. The lowest BCUT2D eigenvalue weighted by Gasteiger charge is -2.31. The molecule has 0 aliphatic carbocycles. The van der Waals surface area contributed by atoms with Gasteiger partial charge in [0.15, 0.2) is 0 Å². The van der Waals surface area contributed by atoms with Crippen molar-refractivity contribution in [2.24, 2.45) is 0 Å². The molecule has 1 heterocycles. The van der Waals surface area contributed by atoms with E-state index in [4.69, 9.17) is 0 Å². The van der Waals surface area contributed by atoms with Crippen LogP contribution in [-0.2, 0) is 10.8 Å². The van der Waals surface area contributed by atoms with Gasteiger partial charge in [0.05, 0.1) is 0 Å². The molecule has 0 aromatic rings. The summed E-state index contributed by atoms with van der Waals surface area (Å²) in [7, 11) is -0.641. The molecule has 1 fully saturated rings. The van der Waals surface area contributed by atoms with Crippen molar-refractivity contribution in [2.45, 2.75) is 25.4 Å². The smallest absolute Gasteiger partial charge is 0.0319 e. The molecule has 72 valence electrons. The molecule has 0 aromatic carbocycles. The molecule has 1 rings (SSSR count). The second kappa shape index (κ2) is 4.94. The van der Waals surface area contributed by atoms with Gasteiger partial charge in [-0.15, -0.1) is 0 Å². The van der Waals surface area contributed by atoms with Crippen LogP contribution in [0.1, 0.15) is 13.3 Å². The highest BCUT2D eigenvalue weighted by Crippen LogP contribution is 1.98. The van der Waals surface area contributed by atoms with Crippen molar-refractivity contribution in [3.8, 4) is 0 Å². The minimum absolute atomic E-state index is 0.501. The Morgan fingerprint density at radius 1 is 1.67 bits per heavy atom. The summed E-state index contributed by atoms with van der Waals surface area (Å²) in [6, 6.07) is 1.14. The molecule has 0 spiro atoms. The summed E-state index contributed by atoms with van der Waals surface area (Å²) in [5.41, 5.74) is 0. The molecule has 2 N–H and O–H groups in total. The molecular weight excluding hydrogens is 172 g/mol. The summed E-state index contributed by atoms with van der Waals surface area (Å²) in [6.07, 6.45) is 2.78. The lowest BCUT2D eigenvalue weighted by Crippen LogP contribution is -2.57. The minimum Gasteiger partial charge on any atom is -0.314 e. The average molecular weight is 190 g/mol. The van der Waals surface area contributed by atoms with Crippen molar-refractivity contribution in [1.82, 2.24) is 10.6 Å². The standard InChI is InChI=1S/C8H18N2OS/c1-7(3-4-12(2)11)10-8-5-9-6-8/h7-10H,3-6H2,1-2H3. The lowest BCUT2D eigenvalue weighted by atomic mass is 10.1. The molecule has 0 aromatic heterocycles. The predicted octanol–water partition coefficient (Wildman–Crippen LogP) is -0.295. The molecule has 12 heavy (non-hydrogen) atoms. The molecule has 0 bridgehead atoms. The number of rotatable bonds is 5. The van der Waals surface area contributed by atoms with Gasteiger partial charge in [0, 0.05) is 48.0 Å². The first-order valence-electron chi connectivity index (χ1n) is 4.45. The van der Waals surface area contributed by atoms with Gasteiger partial charge in [0.25, 0.3) is 0 Å². The van der Waals surface area contributed by atoms with E-state index < -0.39 is 10.8 Å². The van der Waals surface area contributed by atoms with Crippen LogP contribution in [-0.4, -0.2) is 41.4 Å². The third kappa shape index (κ3) is 3.65. The van der Waals surface area contributed by atoms with Crippen LogP contribution < -0.4 is 10.6 Å². The highest BCUT2D eigenvalue weighted by atomic mass is 32.2. The number of hydrogen-bond donors (Lipinski definition) is 2. The van der Waals surface area contributed by atoms with Gasteiger partial charge >= 0.3 is 0 Å². The first-order chi connectivity index (χ1) is 5.68. The summed E-state index contributed by atoms with van der Waals surface area (Å²) in [5.74, 6) is 0.814. The second-order valence-corrected chi connectivity index (χ2v) is 5.04. The molecular formula is C8H18N2OS. The summed E-state index contributed by atoms with van der Waals surface area (Å²) < 4.78 is 10.8. The largest absolute Gasteiger partial charge is 0.314 e. The van der Waals surface area contributed by atoms with E-state index in [1.54, 1.807) is 6.26 Å². The molecule has 0 radical (unpaired) electrons.